The van der Waals surface area contributed by atoms with Crippen molar-refractivity contribution in [3.8, 4) is 11.4 Å². The number of rotatable bonds is 8. The van der Waals surface area contributed by atoms with Crippen LogP contribution in [-0.2, 0) is 6.42 Å². The summed E-state index contributed by atoms with van der Waals surface area (Å²) >= 11 is 0. The van der Waals surface area contributed by atoms with E-state index in [2.05, 4.69) is 51.4 Å². The van der Waals surface area contributed by atoms with Crippen LogP contribution in [0.1, 0.15) is 23.1 Å². The number of aromatic nitrogens is 3. The van der Waals surface area contributed by atoms with Gasteiger partial charge in [-0.25, -0.2) is 4.98 Å². The van der Waals surface area contributed by atoms with Gasteiger partial charge in [0, 0.05) is 51.2 Å². The number of anilines is 2. The average Bonchev–Trinajstić information content (AvgIpc) is 3.32. The van der Waals surface area contributed by atoms with Crippen LogP contribution in [0, 0.1) is 13.8 Å². The van der Waals surface area contributed by atoms with Gasteiger partial charge in [0.2, 0.25) is 0 Å². The molecule has 7 nitrogen and oxygen atoms in total. The molecule has 3 heterocycles. The summed E-state index contributed by atoms with van der Waals surface area (Å²) in [5.74, 6) is 0.488. The van der Waals surface area contributed by atoms with Crippen molar-refractivity contribution < 1.29 is 13.2 Å². The fourth-order valence-electron chi connectivity index (χ4n) is 5.16. The summed E-state index contributed by atoms with van der Waals surface area (Å²) in [7, 11) is 0. The molecule has 0 radical (unpaired) electrons. The summed E-state index contributed by atoms with van der Waals surface area (Å²) in [5, 5.41) is 3.40. The average molecular weight is 539 g/mol. The highest BCUT2D eigenvalue weighted by Gasteiger charge is 2.29. The van der Waals surface area contributed by atoms with Crippen LogP contribution in [0.2, 0.25) is 0 Å². The number of piperazine rings is 1. The van der Waals surface area contributed by atoms with E-state index in [-0.39, 0.29) is 12.1 Å². The number of aryl methyl sites for hydroxylation is 2. The van der Waals surface area contributed by atoms with Gasteiger partial charge in [0.15, 0.2) is 0 Å². The number of halogens is 3. The number of benzene rings is 2. The van der Waals surface area contributed by atoms with Gasteiger partial charge in [-0.05, 0) is 49.6 Å². The van der Waals surface area contributed by atoms with Gasteiger partial charge in [-0.15, -0.1) is 0 Å². The van der Waals surface area contributed by atoms with Crippen molar-refractivity contribution >= 4 is 22.4 Å². The predicted molar refractivity (Wildman–Crippen MR) is 150 cm³/mol. The maximum Gasteiger partial charge on any atom is 0.390 e. The van der Waals surface area contributed by atoms with Gasteiger partial charge in [-0.1, -0.05) is 29.8 Å². The summed E-state index contributed by atoms with van der Waals surface area (Å²) in [6.07, 6.45) is -2.47. The summed E-state index contributed by atoms with van der Waals surface area (Å²) in [4.78, 5) is 27.8. The molecule has 206 valence electrons. The first-order chi connectivity index (χ1) is 18.7. The van der Waals surface area contributed by atoms with Crippen LogP contribution in [0.15, 0.2) is 53.5 Å². The molecular weight excluding hydrogens is 505 g/mol. The molecule has 2 aromatic carbocycles. The molecule has 10 heteroatoms. The molecule has 0 spiro atoms. The SMILES string of the molecule is Cc1cccc(CCNc2cc[nH]c(=O)c2-c2nc3c(C)cc(N4CCN(CCC(F)(F)F)CC4)cc3[nH]2)c1. The molecule has 2 aromatic heterocycles. The van der Waals surface area contributed by atoms with E-state index in [9.17, 15) is 18.0 Å². The van der Waals surface area contributed by atoms with E-state index in [0.29, 0.717) is 49.8 Å². The fraction of sp³-hybridized carbons (Fsp3) is 0.379. The van der Waals surface area contributed by atoms with Gasteiger partial charge >= 0.3 is 6.18 Å². The lowest BCUT2D eigenvalue weighted by Gasteiger charge is -2.36. The lowest BCUT2D eigenvalue weighted by atomic mass is 10.1. The Morgan fingerprint density at radius 3 is 2.59 bits per heavy atom. The number of alkyl halides is 3. The van der Waals surface area contributed by atoms with Crippen LogP contribution in [0.25, 0.3) is 22.4 Å². The van der Waals surface area contributed by atoms with Crippen molar-refractivity contribution in [1.82, 2.24) is 19.9 Å². The minimum absolute atomic E-state index is 0.0340. The topological polar surface area (TPSA) is 80.1 Å². The Morgan fingerprint density at radius 1 is 1.05 bits per heavy atom. The van der Waals surface area contributed by atoms with Crippen LogP contribution in [0.3, 0.4) is 0 Å². The number of hydrogen-bond donors (Lipinski definition) is 3. The van der Waals surface area contributed by atoms with Crippen LogP contribution < -0.4 is 15.8 Å². The van der Waals surface area contributed by atoms with Crippen molar-refractivity contribution in [2.45, 2.75) is 32.9 Å². The van der Waals surface area contributed by atoms with Crippen molar-refractivity contribution in [1.29, 1.82) is 0 Å². The zero-order chi connectivity index (χ0) is 27.6. The molecule has 5 rings (SSSR count). The Balaban J connectivity index is 1.33. The zero-order valence-corrected chi connectivity index (χ0v) is 22.2. The molecule has 1 aliphatic rings. The highest BCUT2D eigenvalue weighted by atomic mass is 19.4. The first-order valence-electron chi connectivity index (χ1n) is 13.2. The number of aromatic amines is 2. The van der Waals surface area contributed by atoms with E-state index in [4.69, 9.17) is 4.98 Å². The van der Waals surface area contributed by atoms with Crippen molar-refractivity contribution in [3.63, 3.8) is 0 Å². The monoisotopic (exact) mass is 538 g/mol. The van der Waals surface area contributed by atoms with Gasteiger partial charge in [0.05, 0.1) is 23.1 Å². The third-order valence-electron chi connectivity index (χ3n) is 7.22. The Hall–Kier alpha value is -3.79. The van der Waals surface area contributed by atoms with Crippen LogP contribution in [-0.4, -0.2) is 65.3 Å². The zero-order valence-electron chi connectivity index (χ0n) is 22.2. The smallest absolute Gasteiger partial charge is 0.384 e. The molecule has 0 amide bonds. The van der Waals surface area contributed by atoms with Crippen LogP contribution in [0.4, 0.5) is 24.5 Å². The first-order valence-corrected chi connectivity index (χ1v) is 13.2. The molecule has 1 fully saturated rings. The molecular formula is C29H33F3N6O. The lowest BCUT2D eigenvalue weighted by Crippen LogP contribution is -2.47. The predicted octanol–water partition coefficient (Wildman–Crippen LogP) is 5.26. The van der Waals surface area contributed by atoms with Gasteiger partial charge in [0.1, 0.15) is 11.4 Å². The Bertz CT molecular complexity index is 1500. The van der Waals surface area contributed by atoms with Gasteiger partial charge in [-0.3, -0.25) is 9.69 Å². The first kappa shape index (κ1) is 26.8. The Labute approximate surface area is 225 Å². The summed E-state index contributed by atoms with van der Waals surface area (Å²) in [6, 6.07) is 14.3. The third-order valence-corrected chi connectivity index (χ3v) is 7.22. The minimum atomic E-state index is -4.13. The molecule has 0 saturated carbocycles. The number of H-pyrrole nitrogens is 2. The number of fused-ring (bicyclic) bond motifs is 1. The second-order valence-corrected chi connectivity index (χ2v) is 10.2. The lowest BCUT2D eigenvalue weighted by molar-refractivity contribution is -0.138. The number of pyridine rings is 1. The van der Waals surface area contributed by atoms with Crippen molar-refractivity contribution in [3.05, 3.63) is 75.7 Å². The molecule has 1 aliphatic heterocycles. The highest BCUT2D eigenvalue weighted by molar-refractivity contribution is 5.87. The minimum Gasteiger partial charge on any atom is -0.384 e. The summed E-state index contributed by atoms with van der Waals surface area (Å²) < 4.78 is 37.8. The van der Waals surface area contributed by atoms with Crippen molar-refractivity contribution in [2.75, 3.05) is 49.5 Å². The second-order valence-electron chi connectivity index (χ2n) is 10.2. The van der Waals surface area contributed by atoms with E-state index < -0.39 is 12.6 Å². The van der Waals surface area contributed by atoms with Gasteiger partial charge in [0.25, 0.3) is 5.56 Å². The molecule has 0 aliphatic carbocycles. The second kappa shape index (κ2) is 11.1. The number of nitrogens with zero attached hydrogens (tertiary/aromatic N) is 3. The number of nitrogens with one attached hydrogen (secondary N) is 3. The molecule has 4 aromatic rings. The normalized spacial score (nSPS) is 14.7. The maximum atomic E-state index is 12.9. The Kier molecular flexibility index (Phi) is 7.65. The van der Waals surface area contributed by atoms with E-state index in [0.717, 1.165) is 28.7 Å². The van der Waals surface area contributed by atoms with E-state index >= 15 is 0 Å². The molecule has 1 saturated heterocycles. The van der Waals surface area contributed by atoms with Gasteiger partial charge in [-0.2, -0.15) is 13.2 Å². The molecule has 39 heavy (non-hydrogen) atoms. The fourth-order valence-corrected chi connectivity index (χ4v) is 5.16. The summed E-state index contributed by atoms with van der Waals surface area (Å²) in [6.45, 7) is 7.21. The van der Waals surface area contributed by atoms with Crippen LogP contribution in [0.5, 0.6) is 0 Å². The molecule has 0 unspecified atom stereocenters. The molecule has 3 N–H and O–H groups in total. The molecule has 0 bridgehead atoms. The van der Waals surface area contributed by atoms with E-state index in [1.165, 1.54) is 11.1 Å². The Morgan fingerprint density at radius 2 is 1.85 bits per heavy atom. The standard InChI is InChI=1S/C29H33F3N6O/c1-19-4-3-5-21(16-19)6-9-33-23-7-10-34-28(39)25(23)27-35-24-18-22(17-20(2)26(24)36-27)38-14-12-37(13-15-38)11-8-29(30,31)32/h3-5,7,10,16-18H,6,8-9,11-15H2,1-2H3,(H,35,36)(H2,33,34,39). The number of hydrogen-bond acceptors (Lipinski definition) is 5. The van der Waals surface area contributed by atoms with Crippen LogP contribution >= 0.6 is 0 Å². The molecule has 0 atom stereocenters. The largest absolute Gasteiger partial charge is 0.390 e. The highest BCUT2D eigenvalue weighted by Crippen LogP contribution is 2.30. The van der Waals surface area contributed by atoms with Crippen molar-refractivity contribution in [2.24, 2.45) is 0 Å². The summed E-state index contributed by atoms with van der Waals surface area (Å²) in [5.41, 5.74) is 6.92. The van der Waals surface area contributed by atoms with E-state index in [1.54, 1.807) is 6.20 Å². The van der Waals surface area contributed by atoms with E-state index in [1.807, 2.05) is 30.0 Å². The maximum absolute atomic E-state index is 12.9. The third kappa shape index (κ3) is 6.44. The quantitative estimate of drug-likeness (QED) is 0.285. The number of imidazole rings is 1. The van der Waals surface area contributed by atoms with Gasteiger partial charge < -0.3 is 20.2 Å².